The summed E-state index contributed by atoms with van der Waals surface area (Å²) in [6.45, 7) is 7.86. The van der Waals surface area contributed by atoms with Gasteiger partial charge in [-0.1, -0.05) is 20.8 Å². The molecule has 0 unspecified atom stereocenters. The van der Waals surface area contributed by atoms with Gasteiger partial charge < -0.3 is 10.1 Å². The molecule has 1 aromatic heterocycles. The molecule has 0 saturated carbocycles. The minimum Gasteiger partial charge on any atom is -0.478 e. The van der Waals surface area contributed by atoms with Crippen molar-refractivity contribution >= 4 is 17.5 Å². The highest BCUT2D eigenvalue weighted by atomic mass is 35.5. The Hall–Kier alpha value is -1.03. The van der Waals surface area contributed by atoms with E-state index in [4.69, 9.17) is 16.3 Å². The molecule has 0 spiro atoms. The fraction of sp³-hybridized carbons (Fsp3) is 0.692. The van der Waals surface area contributed by atoms with E-state index >= 15 is 0 Å². The van der Waals surface area contributed by atoms with Crippen LogP contribution in [0.15, 0.2) is 12.3 Å². The number of nitrogens with zero attached hydrogens (tertiary/aromatic N) is 2. The van der Waals surface area contributed by atoms with E-state index in [9.17, 15) is 0 Å². The summed E-state index contributed by atoms with van der Waals surface area (Å²) in [5, 5.41) is 3.23. The standard InChI is InChI=1S/C13H22ClN3O/c1-4-9-18-11-5-8-15-12(17-11)16-10-13(2,3)6-7-14/h5,8H,4,6-7,9-10H2,1-3H3,(H,15,16,17). The van der Waals surface area contributed by atoms with Gasteiger partial charge in [0.15, 0.2) is 0 Å². The minimum absolute atomic E-state index is 0.130. The summed E-state index contributed by atoms with van der Waals surface area (Å²) in [7, 11) is 0. The fourth-order valence-corrected chi connectivity index (χ4v) is 1.89. The van der Waals surface area contributed by atoms with E-state index in [1.54, 1.807) is 12.3 Å². The van der Waals surface area contributed by atoms with Gasteiger partial charge in [0.2, 0.25) is 11.8 Å². The highest BCUT2D eigenvalue weighted by Crippen LogP contribution is 2.21. The van der Waals surface area contributed by atoms with Crippen LogP contribution in [0.5, 0.6) is 5.88 Å². The topological polar surface area (TPSA) is 47.0 Å². The molecule has 1 heterocycles. The quantitative estimate of drug-likeness (QED) is 0.737. The molecular formula is C13H22ClN3O. The lowest BCUT2D eigenvalue weighted by Gasteiger charge is -2.23. The molecule has 0 saturated heterocycles. The van der Waals surface area contributed by atoms with E-state index in [0.29, 0.717) is 24.3 Å². The Kier molecular flexibility index (Phi) is 6.19. The van der Waals surface area contributed by atoms with Crippen LogP contribution in [0.1, 0.15) is 33.6 Å². The summed E-state index contributed by atoms with van der Waals surface area (Å²) in [5.41, 5.74) is 0.130. The summed E-state index contributed by atoms with van der Waals surface area (Å²) in [6.07, 6.45) is 3.62. The van der Waals surface area contributed by atoms with Crippen molar-refractivity contribution in [2.45, 2.75) is 33.6 Å². The summed E-state index contributed by atoms with van der Waals surface area (Å²) >= 11 is 5.77. The van der Waals surface area contributed by atoms with E-state index in [1.165, 1.54) is 0 Å². The summed E-state index contributed by atoms with van der Waals surface area (Å²) < 4.78 is 5.46. The molecule has 0 fully saturated rings. The molecule has 0 aliphatic rings. The summed E-state index contributed by atoms with van der Waals surface area (Å²) in [5.74, 6) is 1.88. The average Bonchev–Trinajstić information content (AvgIpc) is 2.35. The van der Waals surface area contributed by atoms with Crippen molar-refractivity contribution in [3.05, 3.63) is 12.3 Å². The average molecular weight is 272 g/mol. The predicted octanol–water partition coefficient (Wildman–Crippen LogP) is 3.33. The number of rotatable bonds is 8. The van der Waals surface area contributed by atoms with Gasteiger partial charge in [0, 0.05) is 24.7 Å². The lowest BCUT2D eigenvalue weighted by molar-refractivity contribution is 0.305. The Bertz CT molecular complexity index is 358. The zero-order valence-corrected chi connectivity index (χ0v) is 12.1. The van der Waals surface area contributed by atoms with Gasteiger partial charge in [-0.25, -0.2) is 4.98 Å². The van der Waals surface area contributed by atoms with Crippen molar-refractivity contribution in [1.82, 2.24) is 9.97 Å². The Morgan fingerprint density at radius 3 is 2.89 bits per heavy atom. The van der Waals surface area contributed by atoms with Gasteiger partial charge in [-0.3, -0.25) is 0 Å². The van der Waals surface area contributed by atoms with E-state index in [1.807, 2.05) is 0 Å². The maximum atomic E-state index is 5.77. The minimum atomic E-state index is 0.130. The van der Waals surface area contributed by atoms with Crippen LogP contribution < -0.4 is 10.1 Å². The van der Waals surface area contributed by atoms with Crippen LogP contribution in [0, 0.1) is 5.41 Å². The van der Waals surface area contributed by atoms with Crippen molar-refractivity contribution < 1.29 is 4.74 Å². The van der Waals surface area contributed by atoms with Crippen molar-refractivity contribution in [3.8, 4) is 5.88 Å². The van der Waals surface area contributed by atoms with Gasteiger partial charge in [-0.15, -0.1) is 11.6 Å². The van der Waals surface area contributed by atoms with Crippen molar-refractivity contribution in [1.29, 1.82) is 0 Å². The first-order chi connectivity index (χ1) is 8.57. The third kappa shape index (κ3) is 5.54. The van der Waals surface area contributed by atoms with Gasteiger partial charge in [0.25, 0.3) is 0 Å². The number of hydrogen-bond acceptors (Lipinski definition) is 4. The zero-order valence-electron chi connectivity index (χ0n) is 11.4. The van der Waals surface area contributed by atoms with Gasteiger partial charge in [0.1, 0.15) is 0 Å². The Balaban J connectivity index is 2.51. The number of anilines is 1. The third-order valence-corrected chi connectivity index (χ3v) is 2.77. The lowest BCUT2D eigenvalue weighted by atomic mass is 9.90. The van der Waals surface area contributed by atoms with E-state index in [-0.39, 0.29) is 5.41 Å². The van der Waals surface area contributed by atoms with Gasteiger partial charge in [-0.2, -0.15) is 4.98 Å². The summed E-state index contributed by atoms with van der Waals surface area (Å²) in [6, 6.07) is 1.77. The molecule has 0 aliphatic carbocycles. The molecule has 102 valence electrons. The highest BCUT2D eigenvalue weighted by molar-refractivity contribution is 6.17. The van der Waals surface area contributed by atoms with Crippen molar-refractivity contribution in [2.75, 3.05) is 24.3 Å². The van der Waals surface area contributed by atoms with Crippen LogP contribution in [-0.4, -0.2) is 29.0 Å². The molecular weight excluding hydrogens is 250 g/mol. The molecule has 18 heavy (non-hydrogen) atoms. The Morgan fingerprint density at radius 2 is 2.22 bits per heavy atom. The van der Waals surface area contributed by atoms with Crippen LogP contribution in [0.4, 0.5) is 5.95 Å². The molecule has 5 heteroatoms. The van der Waals surface area contributed by atoms with Crippen LogP contribution in [0.3, 0.4) is 0 Å². The maximum Gasteiger partial charge on any atom is 0.225 e. The molecule has 0 radical (unpaired) electrons. The van der Waals surface area contributed by atoms with Gasteiger partial charge >= 0.3 is 0 Å². The lowest BCUT2D eigenvalue weighted by Crippen LogP contribution is -2.24. The Labute approximate surface area is 114 Å². The van der Waals surface area contributed by atoms with E-state index in [0.717, 1.165) is 19.4 Å². The first kappa shape index (κ1) is 15.0. The molecule has 1 rings (SSSR count). The SMILES string of the molecule is CCCOc1ccnc(NCC(C)(C)CCCl)n1. The van der Waals surface area contributed by atoms with Gasteiger partial charge in [0.05, 0.1) is 6.61 Å². The zero-order chi connectivity index (χ0) is 13.4. The van der Waals surface area contributed by atoms with Crippen LogP contribution in [0.25, 0.3) is 0 Å². The predicted molar refractivity (Wildman–Crippen MR) is 75.4 cm³/mol. The molecule has 1 aromatic rings. The van der Waals surface area contributed by atoms with E-state index < -0.39 is 0 Å². The molecule has 1 N–H and O–H groups in total. The first-order valence-corrected chi connectivity index (χ1v) is 6.86. The Morgan fingerprint density at radius 1 is 1.44 bits per heavy atom. The number of hydrogen-bond donors (Lipinski definition) is 1. The molecule has 0 amide bonds. The van der Waals surface area contributed by atoms with Crippen LogP contribution in [-0.2, 0) is 0 Å². The second-order valence-corrected chi connectivity index (χ2v) is 5.40. The number of ether oxygens (including phenoxy) is 1. The monoisotopic (exact) mass is 271 g/mol. The summed E-state index contributed by atoms with van der Waals surface area (Å²) in [4.78, 5) is 8.47. The largest absolute Gasteiger partial charge is 0.478 e. The van der Waals surface area contributed by atoms with Crippen molar-refractivity contribution in [2.24, 2.45) is 5.41 Å². The smallest absolute Gasteiger partial charge is 0.225 e. The van der Waals surface area contributed by atoms with Gasteiger partial charge in [-0.05, 0) is 18.3 Å². The molecule has 4 nitrogen and oxygen atoms in total. The van der Waals surface area contributed by atoms with Crippen LogP contribution in [0.2, 0.25) is 0 Å². The number of alkyl halides is 1. The fourth-order valence-electron chi connectivity index (χ4n) is 1.38. The third-order valence-electron chi connectivity index (χ3n) is 2.58. The highest BCUT2D eigenvalue weighted by Gasteiger charge is 2.17. The van der Waals surface area contributed by atoms with Crippen molar-refractivity contribution in [3.63, 3.8) is 0 Å². The second-order valence-electron chi connectivity index (χ2n) is 5.02. The molecule has 0 atom stereocenters. The normalized spacial score (nSPS) is 11.3. The molecule has 0 aromatic carbocycles. The van der Waals surface area contributed by atoms with Crippen LogP contribution >= 0.6 is 11.6 Å². The first-order valence-electron chi connectivity index (χ1n) is 6.33. The number of halogens is 1. The second kappa shape index (κ2) is 7.41. The maximum absolute atomic E-state index is 5.77. The number of aromatic nitrogens is 2. The molecule has 0 bridgehead atoms. The number of nitrogens with one attached hydrogen (secondary N) is 1. The molecule has 0 aliphatic heterocycles. The van der Waals surface area contributed by atoms with E-state index in [2.05, 4.69) is 36.1 Å².